The van der Waals surface area contributed by atoms with Gasteiger partial charge in [-0.2, -0.15) is 0 Å². The summed E-state index contributed by atoms with van der Waals surface area (Å²) in [6, 6.07) is 15.7. The van der Waals surface area contributed by atoms with Gasteiger partial charge in [-0.05, 0) is 42.8 Å². The lowest BCUT2D eigenvalue weighted by Gasteiger charge is -2.22. The van der Waals surface area contributed by atoms with Crippen molar-refractivity contribution in [2.45, 2.75) is 18.8 Å². The number of hydrogen-bond donors (Lipinski definition) is 2. The zero-order chi connectivity index (χ0) is 20.3. The lowest BCUT2D eigenvalue weighted by Crippen LogP contribution is -2.33. The molecule has 1 fully saturated rings. The summed E-state index contributed by atoms with van der Waals surface area (Å²) in [4.78, 5) is 25.1. The van der Waals surface area contributed by atoms with E-state index in [1.807, 2.05) is 42.5 Å². The molecule has 7 nitrogen and oxygen atoms in total. The third-order valence-corrected chi connectivity index (χ3v) is 5.89. The Balaban J connectivity index is 1.31. The number of piperidine rings is 1. The summed E-state index contributed by atoms with van der Waals surface area (Å²) < 4.78 is 7.15. The van der Waals surface area contributed by atoms with Crippen molar-refractivity contribution in [1.82, 2.24) is 20.3 Å². The fraction of sp³-hybridized carbons (Fsp3) is 0.182. The van der Waals surface area contributed by atoms with E-state index in [1.54, 1.807) is 23.7 Å². The maximum Gasteiger partial charge on any atom is 0.241 e. The fourth-order valence-corrected chi connectivity index (χ4v) is 4.37. The van der Waals surface area contributed by atoms with Gasteiger partial charge in [-0.1, -0.05) is 23.5 Å². The minimum Gasteiger partial charge on any atom is -0.437 e. The molecule has 1 aliphatic rings. The fourth-order valence-electron chi connectivity index (χ4n) is 3.48. The van der Waals surface area contributed by atoms with Gasteiger partial charge in [0.2, 0.25) is 11.8 Å². The van der Waals surface area contributed by atoms with E-state index in [0.717, 1.165) is 33.2 Å². The number of ether oxygens (including phenoxy) is 1. The van der Waals surface area contributed by atoms with Gasteiger partial charge in [0.1, 0.15) is 11.4 Å². The number of anilines is 2. The number of aromatic nitrogens is 3. The summed E-state index contributed by atoms with van der Waals surface area (Å²) in [5.41, 5.74) is 2.63. The topological polar surface area (TPSA) is 89.0 Å². The van der Waals surface area contributed by atoms with E-state index in [2.05, 4.69) is 31.7 Å². The van der Waals surface area contributed by atoms with Crippen molar-refractivity contribution in [3.63, 3.8) is 0 Å². The molecule has 4 aromatic rings. The maximum absolute atomic E-state index is 11.7. The minimum atomic E-state index is 0.0161. The van der Waals surface area contributed by atoms with Gasteiger partial charge in [0.25, 0.3) is 0 Å². The first-order chi connectivity index (χ1) is 14.7. The second-order valence-electron chi connectivity index (χ2n) is 7.02. The van der Waals surface area contributed by atoms with Crippen molar-refractivity contribution in [2.75, 3.05) is 11.9 Å². The van der Waals surface area contributed by atoms with E-state index in [-0.39, 0.29) is 11.8 Å². The van der Waals surface area contributed by atoms with Gasteiger partial charge in [-0.25, -0.2) is 9.97 Å². The standard InChI is InChI=1S/C22H19N5O2S/c28-19-13-14(9-10-23-19)20-21(25-12-11-24-20)29-16-7-5-15(6-8-16)26-22-27-17-3-1-2-4-18(17)30-22/h1-8,11-12,14H,9-10,13H2,(H,23,28)(H,26,27). The van der Waals surface area contributed by atoms with E-state index in [4.69, 9.17) is 4.74 Å². The Morgan fingerprint density at radius 1 is 1.07 bits per heavy atom. The number of hydrogen-bond acceptors (Lipinski definition) is 7. The minimum absolute atomic E-state index is 0.0161. The van der Waals surface area contributed by atoms with Crippen LogP contribution in [0.4, 0.5) is 10.8 Å². The van der Waals surface area contributed by atoms with Crippen LogP contribution in [0.5, 0.6) is 11.6 Å². The maximum atomic E-state index is 11.7. The average Bonchev–Trinajstić information content (AvgIpc) is 3.18. The summed E-state index contributed by atoms with van der Waals surface area (Å²) in [5, 5.41) is 7.02. The SMILES string of the molecule is O=C1CC(c2nccnc2Oc2ccc(Nc3nc4ccccc4s3)cc2)CCN1. The van der Waals surface area contributed by atoms with Crippen LogP contribution in [0.2, 0.25) is 0 Å². The third kappa shape index (κ3) is 3.95. The number of amides is 1. The second-order valence-corrected chi connectivity index (χ2v) is 8.06. The van der Waals surface area contributed by atoms with Gasteiger partial charge >= 0.3 is 0 Å². The molecular formula is C22H19N5O2S. The van der Waals surface area contributed by atoms with E-state index in [9.17, 15) is 4.79 Å². The van der Waals surface area contributed by atoms with Gasteiger partial charge in [0.15, 0.2) is 5.13 Å². The highest BCUT2D eigenvalue weighted by molar-refractivity contribution is 7.22. The van der Waals surface area contributed by atoms with Crippen molar-refractivity contribution in [3.8, 4) is 11.6 Å². The van der Waals surface area contributed by atoms with Crippen molar-refractivity contribution in [2.24, 2.45) is 0 Å². The number of nitrogens with zero attached hydrogens (tertiary/aromatic N) is 3. The predicted octanol–water partition coefficient (Wildman–Crippen LogP) is 4.62. The van der Waals surface area contributed by atoms with E-state index >= 15 is 0 Å². The van der Waals surface area contributed by atoms with Crippen LogP contribution >= 0.6 is 11.3 Å². The molecule has 3 heterocycles. The zero-order valence-electron chi connectivity index (χ0n) is 16.0. The van der Waals surface area contributed by atoms with Gasteiger partial charge in [0, 0.05) is 37.0 Å². The van der Waals surface area contributed by atoms with Crippen LogP contribution in [0, 0.1) is 0 Å². The number of para-hydroxylation sites is 1. The van der Waals surface area contributed by atoms with Gasteiger partial charge < -0.3 is 15.4 Å². The molecule has 30 heavy (non-hydrogen) atoms. The molecule has 150 valence electrons. The van der Waals surface area contributed by atoms with Crippen LogP contribution in [-0.4, -0.2) is 27.4 Å². The summed E-state index contributed by atoms with van der Waals surface area (Å²) in [6.45, 7) is 0.644. The zero-order valence-corrected chi connectivity index (χ0v) is 16.9. The molecule has 0 aliphatic carbocycles. The summed E-state index contributed by atoms with van der Waals surface area (Å²) >= 11 is 1.61. The Morgan fingerprint density at radius 3 is 2.73 bits per heavy atom. The highest BCUT2D eigenvalue weighted by Crippen LogP contribution is 2.33. The Bertz CT molecular complexity index is 1160. The second kappa shape index (κ2) is 8.08. The summed E-state index contributed by atoms with van der Waals surface area (Å²) in [6.07, 6.45) is 4.47. The molecule has 1 atom stereocenters. The van der Waals surface area contributed by atoms with Crippen LogP contribution in [0.1, 0.15) is 24.5 Å². The smallest absolute Gasteiger partial charge is 0.241 e. The quantitative estimate of drug-likeness (QED) is 0.493. The Kier molecular flexibility index (Phi) is 4.98. The first-order valence-electron chi connectivity index (χ1n) is 9.73. The van der Waals surface area contributed by atoms with E-state index in [1.165, 1.54) is 0 Å². The molecule has 1 aliphatic heterocycles. The highest BCUT2D eigenvalue weighted by Gasteiger charge is 2.25. The molecule has 0 spiro atoms. The molecular weight excluding hydrogens is 398 g/mol. The third-order valence-electron chi connectivity index (χ3n) is 4.94. The number of nitrogens with one attached hydrogen (secondary N) is 2. The highest BCUT2D eigenvalue weighted by atomic mass is 32.1. The first kappa shape index (κ1) is 18.5. The van der Waals surface area contributed by atoms with Crippen LogP contribution in [0.3, 0.4) is 0 Å². The monoisotopic (exact) mass is 417 g/mol. The largest absolute Gasteiger partial charge is 0.437 e. The molecule has 2 aromatic carbocycles. The Hall–Kier alpha value is -3.52. The number of benzene rings is 2. The number of carbonyl (C=O) groups is 1. The predicted molar refractivity (Wildman–Crippen MR) is 116 cm³/mol. The van der Waals surface area contributed by atoms with Gasteiger partial charge in [0.05, 0.1) is 10.2 Å². The van der Waals surface area contributed by atoms with Crippen molar-refractivity contribution < 1.29 is 9.53 Å². The number of rotatable bonds is 5. The Labute approximate surface area is 177 Å². The number of carbonyl (C=O) groups excluding carboxylic acids is 1. The van der Waals surface area contributed by atoms with Crippen molar-refractivity contribution in [1.29, 1.82) is 0 Å². The average molecular weight is 417 g/mol. The number of thiazole rings is 1. The molecule has 0 bridgehead atoms. The molecule has 2 N–H and O–H groups in total. The van der Waals surface area contributed by atoms with Gasteiger partial charge in [-0.3, -0.25) is 9.78 Å². The van der Waals surface area contributed by atoms with Crippen LogP contribution < -0.4 is 15.4 Å². The molecule has 0 radical (unpaired) electrons. The Morgan fingerprint density at radius 2 is 1.90 bits per heavy atom. The van der Waals surface area contributed by atoms with Crippen LogP contribution in [0.15, 0.2) is 60.9 Å². The molecule has 1 unspecified atom stereocenters. The van der Waals surface area contributed by atoms with E-state index < -0.39 is 0 Å². The molecule has 0 saturated carbocycles. The van der Waals surface area contributed by atoms with Crippen LogP contribution in [-0.2, 0) is 4.79 Å². The lowest BCUT2D eigenvalue weighted by molar-refractivity contribution is -0.122. The molecule has 8 heteroatoms. The van der Waals surface area contributed by atoms with Crippen molar-refractivity contribution >= 4 is 38.3 Å². The molecule has 2 aromatic heterocycles. The van der Waals surface area contributed by atoms with E-state index in [0.29, 0.717) is 24.6 Å². The van der Waals surface area contributed by atoms with Crippen LogP contribution in [0.25, 0.3) is 10.2 Å². The van der Waals surface area contributed by atoms with Gasteiger partial charge in [-0.15, -0.1) is 0 Å². The molecule has 1 saturated heterocycles. The van der Waals surface area contributed by atoms with Crippen molar-refractivity contribution in [3.05, 3.63) is 66.6 Å². The first-order valence-corrected chi connectivity index (χ1v) is 10.5. The molecule has 1 amide bonds. The summed E-state index contributed by atoms with van der Waals surface area (Å²) in [5.74, 6) is 1.16. The normalized spacial score (nSPS) is 16.3. The number of fused-ring (bicyclic) bond motifs is 1. The molecule has 5 rings (SSSR count). The summed E-state index contributed by atoms with van der Waals surface area (Å²) in [7, 11) is 0. The lowest BCUT2D eigenvalue weighted by atomic mass is 9.94.